The molecule has 0 aliphatic carbocycles. The largest absolute Gasteiger partial charge is 0.395 e. The molecule has 6 aromatic carbocycles. The summed E-state index contributed by atoms with van der Waals surface area (Å²) < 4.78 is 61.8. The Morgan fingerprint density at radius 1 is 0.456 bits per heavy atom. The number of hydrogen-bond donors (Lipinski definition) is 10. The van der Waals surface area contributed by atoms with Crippen LogP contribution in [0.1, 0.15) is 43.0 Å². The summed E-state index contributed by atoms with van der Waals surface area (Å²) in [4.78, 5) is 55.1. The summed E-state index contributed by atoms with van der Waals surface area (Å²) >= 11 is 0. The van der Waals surface area contributed by atoms with E-state index in [1.807, 2.05) is 12.1 Å². The molecule has 8 aromatic rings. The average Bonchev–Trinajstić information content (AvgIpc) is 3.51. The molecule has 2 aromatic heterocycles. The number of aliphatic hydroxyl groups is 4. The average molecular weight is 1110 g/mol. The number of aromatic nitrogens is 6. The van der Waals surface area contributed by atoms with E-state index in [2.05, 4.69) is 51.2 Å². The fourth-order valence-electron chi connectivity index (χ4n) is 7.85. The number of rotatable bonds is 26. The zero-order valence-electron chi connectivity index (χ0n) is 41.8. The van der Waals surface area contributed by atoms with Gasteiger partial charge in [-0.3, -0.25) is 14.1 Å². The third-order valence-electron chi connectivity index (χ3n) is 11.6. The Morgan fingerprint density at radius 3 is 1.18 bits per heavy atom. The van der Waals surface area contributed by atoms with Crippen LogP contribution in [-0.4, -0.2) is 136 Å². The van der Waals surface area contributed by atoms with Crippen molar-refractivity contribution in [2.45, 2.75) is 9.79 Å². The molecule has 23 nitrogen and oxygen atoms in total. The molecule has 0 spiro atoms. The van der Waals surface area contributed by atoms with Gasteiger partial charge in [0.1, 0.15) is 4.90 Å². The highest BCUT2D eigenvalue weighted by Crippen LogP contribution is 2.29. The second-order valence-electron chi connectivity index (χ2n) is 17.1. The second kappa shape index (κ2) is 26.3. The Hall–Kier alpha value is -9.08. The number of anilines is 10. The number of aliphatic hydroxyl groups excluding tert-OH is 4. The Balaban J connectivity index is 1.04. The van der Waals surface area contributed by atoms with E-state index in [4.69, 9.17) is 0 Å². The summed E-state index contributed by atoms with van der Waals surface area (Å²) in [5, 5.41) is 51.2. The van der Waals surface area contributed by atoms with Crippen LogP contribution in [0.15, 0.2) is 155 Å². The SMILES string of the molecule is O=C(c1ccccc1)c1ccc(Nc2nc(Nc3ccc(/C=C/c4ccc(Nc5nc(Nc6ccc(C(=O)c7ccccc7)cc6)nc(N(CCO)CCO)n5)cc4S(=O)(=O)O)c([SH](=O)=O)c3)nc(N(CCO)CCO)n2)cc1. The lowest BCUT2D eigenvalue weighted by Gasteiger charge is -2.21. The number of hydrogen-bond acceptors (Lipinski definition) is 22. The normalized spacial score (nSPS) is 11.4. The van der Waals surface area contributed by atoms with Gasteiger partial charge in [0, 0.05) is 71.2 Å². The number of ketones is 2. The lowest BCUT2D eigenvalue weighted by Crippen LogP contribution is -2.31. The van der Waals surface area contributed by atoms with Gasteiger partial charge in [-0.05, 0) is 83.9 Å². The molecule has 406 valence electrons. The van der Waals surface area contributed by atoms with Crippen LogP contribution in [0.2, 0.25) is 0 Å². The molecule has 0 atom stereocenters. The zero-order valence-corrected chi connectivity index (χ0v) is 43.5. The molecule has 2 heterocycles. The summed E-state index contributed by atoms with van der Waals surface area (Å²) in [6, 6.07) is 39.0. The highest BCUT2D eigenvalue weighted by Gasteiger charge is 2.20. The monoisotopic (exact) mass is 1110 g/mol. The van der Waals surface area contributed by atoms with Gasteiger partial charge < -0.3 is 51.5 Å². The minimum atomic E-state index is -4.93. The predicted molar refractivity (Wildman–Crippen MR) is 298 cm³/mol. The van der Waals surface area contributed by atoms with Crippen LogP contribution in [0.4, 0.5) is 58.4 Å². The smallest absolute Gasteiger partial charge is 0.295 e. The van der Waals surface area contributed by atoms with Gasteiger partial charge in [0.25, 0.3) is 10.1 Å². The number of nitrogens with zero attached hydrogens (tertiary/aromatic N) is 8. The van der Waals surface area contributed by atoms with E-state index in [0.717, 1.165) is 6.07 Å². The molecular weight excluding hydrogens is 1060 g/mol. The molecule has 0 aliphatic rings. The number of carbonyl (C=O) groups excluding carboxylic acids is 2. The van der Waals surface area contributed by atoms with E-state index >= 15 is 0 Å². The van der Waals surface area contributed by atoms with Crippen molar-refractivity contribution in [3.63, 3.8) is 0 Å². The van der Waals surface area contributed by atoms with Crippen molar-refractivity contribution in [3.8, 4) is 0 Å². The fourth-order valence-corrected chi connectivity index (χ4v) is 9.17. The third kappa shape index (κ3) is 14.9. The van der Waals surface area contributed by atoms with Crippen LogP contribution >= 0.6 is 0 Å². The molecule has 9 N–H and O–H groups in total. The number of nitrogens with one attached hydrogen (secondary N) is 4. The van der Waals surface area contributed by atoms with Gasteiger partial charge in [-0.2, -0.15) is 38.3 Å². The molecule has 0 aliphatic heterocycles. The standard InChI is InChI=1S/C54H52N12O11S2/c67-29-25-65(26-30-68)53-61-49(55-41-19-15-39(16-20-41)47(71)37-7-3-1-4-8-37)59-51(63-53)57-43-23-13-35(45(33-43)78(73)74)11-12-36-14-24-44(34-46(36)79(75,76)77)58-52-60-50(62-54(64-52)66(27-31-69)28-32-70)56-42-21-17-40(18-22-42)48(72)38-9-5-2-6-10-38/h1-24,33-34,67-70,78H,25-32H2,(H,75,76,77)(H2,55,57,59,61,63)(H2,56,58,60,62,64)/b12-11+. The third-order valence-corrected chi connectivity index (χ3v) is 13.3. The first-order valence-corrected chi connectivity index (χ1v) is 26.8. The zero-order chi connectivity index (χ0) is 55.9. The van der Waals surface area contributed by atoms with Crippen LogP contribution in [0.3, 0.4) is 0 Å². The maximum atomic E-state index is 13.0. The second-order valence-corrected chi connectivity index (χ2v) is 19.5. The minimum Gasteiger partial charge on any atom is -0.395 e. The number of benzene rings is 6. The van der Waals surface area contributed by atoms with Crippen LogP contribution in [-0.2, 0) is 20.8 Å². The van der Waals surface area contributed by atoms with Crippen molar-refractivity contribution >= 4 is 103 Å². The highest BCUT2D eigenvalue weighted by molar-refractivity contribution is 7.86. The first kappa shape index (κ1) is 56.1. The summed E-state index contributed by atoms with van der Waals surface area (Å²) in [6.07, 6.45) is 2.65. The molecule has 0 fully saturated rings. The van der Waals surface area contributed by atoms with Crippen molar-refractivity contribution in [2.75, 3.05) is 83.7 Å². The predicted octanol–water partition coefficient (Wildman–Crippen LogP) is 5.46. The molecule has 0 unspecified atom stereocenters. The van der Waals surface area contributed by atoms with Crippen molar-refractivity contribution < 1.29 is 51.4 Å². The van der Waals surface area contributed by atoms with Crippen molar-refractivity contribution in [1.29, 1.82) is 0 Å². The van der Waals surface area contributed by atoms with E-state index in [-0.39, 0.29) is 127 Å². The summed E-state index contributed by atoms with van der Waals surface area (Å²) in [6.45, 7) is -1.06. The summed E-state index contributed by atoms with van der Waals surface area (Å²) in [7, 11) is -8.21. The van der Waals surface area contributed by atoms with Gasteiger partial charge in [0.05, 0.1) is 31.3 Å². The lowest BCUT2D eigenvalue weighted by atomic mass is 10.0. The van der Waals surface area contributed by atoms with E-state index in [9.17, 15) is 51.4 Å². The minimum absolute atomic E-state index is 0.00151. The Kier molecular flexibility index (Phi) is 18.7. The molecule has 79 heavy (non-hydrogen) atoms. The van der Waals surface area contributed by atoms with Gasteiger partial charge in [-0.1, -0.05) is 84.9 Å². The molecule has 8 rings (SSSR count). The van der Waals surface area contributed by atoms with Gasteiger partial charge in [-0.25, -0.2) is 8.42 Å². The summed E-state index contributed by atoms with van der Waals surface area (Å²) in [5.74, 6) is -0.393. The molecule has 0 radical (unpaired) electrons. The van der Waals surface area contributed by atoms with E-state index < -0.39 is 25.7 Å². The Bertz CT molecular complexity index is 3640. The maximum Gasteiger partial charge on any atom is 0.295 e. The molecule has 0 amide bonds. The quantitative estimate of drug-likeness (QED) is 0.0139. The fraction of sp³-hybridized carbons (Fsp3) is 0.148. The van der Waals surface area contributed by atoms with E-state index in [1.165, 1.54) is 52.3 Å². The van der Waals surface area contributed by atoms with Gasteiger partial charge in [0.2, 0.25) is 35.7 Å². The van der Waals surface area contributed by atoms with E-state index in [0.29, 0.717) is 33.6 Å². The maximum absolute atomic E-state index is 13.0. The van der Waals surface area contributed by atoms with Gasteiger partial charge in [0.15, 0.2) is 22.3 Å². The number of thiol groups is 1. The van der Waals surface area contributed by atoms with Crippen LogP contribution in [0, 0.1) is 0 Å². The van der Waals surface area contributed by atoms with Crippen LogP contribution < -0.4 is 31.1 Å². The Labute approximate surface area is 454 Å². The summed E-state index contributed by atoms with van der Waals surface area (Å²) in [5.41, 5.74) is 3.34. The van der Waals surface area contributed by atoms with Crippen molar-refractivity contribution in [1.82, 2.24) is 29.9 Å². The molecule has 0 saturated heterocycles. The first-order chi connectivity index (χ1) is 38.2. The van der Waals surface area contributed by atoms with Crippen molar-refractivity contribution in [3.05, 3.63) is 179 Å². The lowest BCUT2D eigenvalue weighted by molar-refractivity contribution is 0.103. The molecule has 0 bridgehead atoms. The van der Waals surface area contributed by atoms with Crippen LogP contribution in [0.5, 0.6) is 0 Å². The molecular formula is C54H52N12O11S2. The molecule has 0 saturated carbocycles. The first-order valence-electron chi connectivity index (χ1n) is 24.2. The van der Waals surface area contributed by atoms with Crippen LogP contribution in [0.25, 0.3) is 12.2 Å². The topological polar surface area (TPSA) is 336 Å². The van der Waals surface area contributed by atoms with Gasteiger partial charge >= 0.3 is 0 Å². The molecule has 25 heteroatoms. The Morgan fingerprint density at radius 2 is 0.797 bits per heavy atom. The van der Waals surface area contributed by atoms with Crippen molar-refractivity contribution in [2.24, 2.45) is 0 Å². The van der Waals surface area contributed by atoms with E-state index in [1.54, 1.807) is 97.1 Å². The van der Waals surface area contributed by atoms with Gasteiger partial charge in [-0.15, -0.1) is 0 Å². The number of carbonyl (C=O) groups is 2. The highest BCUT2D eigenvalue weighted by atomic mass is 32.2.